The number of aliphatic hydroxyl groups excluding tert-OH is 1. The lowest BCUT2D eigenvalue weighted by atomic mass is 10.1. The molecule has 6 heteroatoms. The maximum Gasteiger partial charge on any atom is 0.251 e. The van der Waals surface area contributed by atoms with E-state index in [0.717, 1.165) is 0 Å². The molecule has 0 bridgehead atoms. The maximum atomic E-state index is 11.9. The second-order valence-corrected chi connectivity index (χ2v) is 5.23. The number of anilines is 1. The van der Waals surface area contributed by atoms with Crippen LogP contribution in [0.4, 0.5) is 5.69 Å². The topological polar surface area (TPSA) is 95.7 Å². The lowest BCUT2D eigenvalue weighted by Crippen LogP contribution is -2.50. The van der Waals surface area contributed by atoms with E-state index in [4.69, 9.17) is 5.73 Å². The van der Waals surface area contributed by atoms with Gasteiger partial charge >= 0.3 is 0 Å². The second-order valence-electron chi connectivity index (χ2n) is 5.23. The van der Waals surface area contributed by atoms with Gasteiger partial charge in [0.15, 0.2) is 0 Å². The molecule has 0 aliphatic rings. The molecule has 0 aliphatic carbocycles. The zero-order chi connectivity index (χ0) is 15.3. The van der Waals surface area contributed by atoms with Crippen LogP contribution in [-0.4, -0.2) is 47.6 Å². The van der Waals surface area contributed by atoms with Crippen molar-refractivity contribution in [1.29, 1.82) is 0 Å². The molecule has 6 nitrogen and oxygen atoms in total. The Morgan fingerprint density at radius 1 is 1.30 bits per heavy atom. The van der Waals surface area contributed by atoms with Crippen LogP contribution >= 0.6 is 0 Å². The van der Waals surface area contributed by atoms with Crippen LogP contribution in [0.2, 0.25) is 0 Å². The highest BCUT2D eigenvalue weighted by molar-refractivity contribution is 5.96. The largest absolute Gasteiger partial charge is 0.399 e. The van der Waals surface area contributed by atoms with E-state index in [-0.39, 0.29) is 25.0 Å². The number of hydrogen-bond acceptors (Lipinski definition) is 4. The first-order valence-electron chi connectivity index (χ1n) is 6.29. The number of likely N-dealkylation sites (N-methyl/N-ethyl adjacent to an activating group) is 1. The molecule has 0 heterocycles. The number of nitrogens with one attached hydrogen (secondary N) is 1. The van der Waals surface area contributed by atoms with Crippen LogP contribution in [0.3, 0.4) is 0 Å². The standard InChI is InChI=1S/C14H21N3O3/c1-14(2,9-18)17(3)12(19)8-16-13(20)10-4-6-11(15)7-5-10/h4-7,18H,8-9,15H2,1-3H3,(H,16,20). The summed E-state index contributed by atoms with van der Waals surface area (Å²) >= 11 is 0. The van der Waals surface area contributed by atoms with Crippen molar-refractivity contribution in [2.75, 3.05) is 25.9 Å². The van der Waals surface area contributed by atoms with Crippen molar-refractivity contribution < 1.29 is 14.7 Å². The Morgan fingerprint density at radius 3 is 2.35 bits per heavy atom. The van der Waals surface area contributed by atoms with Crippen molar-refractivity contribution in [2.24, 2.45) is 0 Å². The highest BCUT2D eigenvalue weighted by atomic mass is 16.3. The van der Waals surface area contributed by atoms with E-state index in [9.17, 15) is 14.7 Å². The summed E-state index contributed by atoms with van der Waals surface area (Å²) in [5.74, 6) is -0.610. The highest BCUT2D eigenvalue weighted by Crippen LogP contribution is 2.11. The molecule has 2 amide bonds. The molecule has 110 valence electrons. The number of carbonyl (C=O) groups excluding carboxylic acids is 2. The summed E-state index contributed by atoms with van der Waals surface area (Å²) in [7, 11) is 1.59. The van der Waals surface area contributed by atoms with E-state index in [1.54, 1.807) is 45.2 Å². The van der Waals surface area contributed by atoms with E-state index in [1.807, 2.05) is 0 Å². The predicted octanol–water partition coefficient (Wildman–Crippen LogP) is 0.228. The third-order valence-corrected chi connectivity index (χ3v) is 3.24. The Bertz CT molecular complexity index is 483. The number of aliphatic hydroxyl groups is 1. The Hall–Kier alpha value is -2.08. The molecule has 1 rings (SSSR count). The zero-order valence-electron chi connectivity index (χ0n) is 12.0. The normalized spacial score (nSPS) is 11.0. The molecule has 0 radical (unpaired) electrons. The average Bonchev–Trinajstić information content (AvgIpc) is 2.44. The number of nitrogens with zero attached hydrogens (tertiary/aromatic N) is 1. The molecular weight excluding hydrogens is 258 g/mol. The van der Waals surface area contributed by atoms with Gasteiger partial charge in [-0.1, -0.05) is 0 Å². The quantitative estimate of drug-likeness (QED) is 0.672. The number of hydrogen-bond donors (Lipinski definition) is 3. The molecule has 0 saturated heterocycles. The molecule has 0 saturated carbocycles. The van der Waals surface area contributed by atoms with Crippen LogP contribution in [0, 0.1) is 0 Å². The number of amides is 2. The van der Waals surface area contributed by atoms with Gasteiger partial charge in [0, 0.05) is 18.3 Å². The van der Waals surface area contributed by atoms with Gasteiger partial charge in [-0.05, 0) is 38.1 Å². The number of benzene rings is 1. The molecule has 1 aromatic rings. The summed E-state index contributed by atoms with van der Waals surface area (Å²) in [4.78, 5) is 25.2. The first kappa shape index (κ1) is 16.0. The van der Waals surface area contributed by atoms with Crippen LogP contribution in [-0.2, 0) is 4.79 Å². The molecule has 20 heavy (non-hydrogen) atoms. The molecule has 1 aromatic carbocycles. The molecular formula is C14H21N3O3. The van der Waals surface area contributed by atoms with Gasteiger partial charge < -0.3 is 21.1 Å². The van der Waals surface area contributed by atoms with Gasteiger partial charge in [0.25, 0.3) is 5.91 Å². The molecule has 0 unspecified atom stereocenters. The summed E-state index contributed by atoms with van der Waals surface area (Å²) in [6.07, 6.45) is 0. The number of nitrogen functional groups attached to an aromatic ring is 1. The number of nitrogens with two attached hydrogens (primary N) is 1. The first-order chi connectivity index (χ1) is 9.27. The lowest BCUT2D eigenvalue weighted by molar-refractivity contribution is -0.134. The zero-order valence-corrected chi connectivity index (χ0v) is 12.0. The van der Waals surface area contributed by atoms with Crippen molar-refractivity contribution >= 4 is 17.5 Å². The van der Waals surface area contributed by atoms with Gasteiger partial charge in [-0.25, -0.2) is 0 Å². The molecule has 0 aliphatic heterocycles. The third-order valence-electron chi connectivity index (χ3n) is 3.24. The summed E-state index contributed by atoms with van der Waals surface area (Å²) in [5.41, 5.74) is 5.88. The van der Waals surface area contributed by atoms with E-state index in [2.05, 4.69) is 5.32 Å². The van der Waals surface area contributed by atoms with Gasteiger partial charge in [-0.2, -0.15) is 0 Å². The Balaban J connectivity index is 2.57. The Labute approximate surface area is 118 Å². The van der Waals surface area contributed by atoms with Gasteiger partial charge in [-0.3, -0.25) is 9.59 Å². The Kier molecular flexibility index (Phi) is 5.10. The predicted molar refractivity (Wildman–Crippen MR) is 77.1 cm³/mol. The monoisotopic (exact) mass is 279 g/mol. The number of rotatable bonds is 5. The van der Waals surface area contributed by atoms with E-state index >= 15 is 0 Å². The molecule has 4 N–H and O–H groups in total. The summed E-state index contributed by atoms with van der Waals surface area (Å²) in [5, 5.41) is 11.7. The second kappa shape index (κ2) is 6.38. The first-order valence-corrected chi connectivity index (χ1v) is 6.29. The van der Waals surface area contributed by atoms with Crippen LogP contribution in [0.5, 0.6) is 0 Å². The van der Waals surface area contributed by atoms with Crippen LogP contribution < -0.4 is 11.1 Å². The minimum Gasteiger partial charge on any atom is -0.399 e. The SMILES string of the molecule is CN(C(=O)CNC(=O)c1ccc(N)cc1)C(C)(C)CO. The van der Waals surface area contributed by atoms with Gasteiger partial charge in [0.05, 0.1) is 18.7 Å². The maximum absolute atomic E-state index is 11.9. The minimum atomic E-state index is -0.664. The molecule has 0 spiro atoms. The van der Waals surface area contributed by atoms with Crippen LogP contribution in [0.1, 0.15) is 24.2 Å². The van der Waals surface area contributed by atoms with E-state index in [0.29, 0.717) is 11.3 Å². The van der Waals surface area contributed by atoms with Crippen molar-refractivity contribution in [3.8, 4) is 0 Å². The van der Waals surface area contributed by atoms with Crippen molar-refractivity contribution in [1.82, 2.24) is 10.2 Å². The van der Waals surface area contributed by atoms with Gasteiger partial charge in [0.1, 0.15) is 0 Å². The average molecular weight is 279 g/mol. The van der Waals surface area contributed by atoms with E-state index < -0.39 is 5.54 Å². The lowest BCUT2D eigenvalue weighted by Gasteiger charge is -2.33. The highest BCUT2D eigenvalue weighted by Gasteiger charge is 2.26. The fourth-order valence-corrected chi connectivity index (χ4v) is 1.45. The Morgan fingerprint density at radius 2 is 1.85 bits per heavy atom. The fraction of sp³-hybridized carbons (Fsp3) is 0.429. The smallest absolute Gasteiger partial charge is 0.251 e. The summed E-state index contributed by atoms with van der Waals surface area (Å²) < 4.78 is 0. The molecule has 0 atom stereocenters. The van der Waals surface area contributed by atoms with Crippen LogP contribution in [0.15, 0.2) is 24.3 Å². The van der Waals surface area contributed by atoms with Crippen molar-refractivity contribution in [3.63, 3.8) is 0 Å². The van der Waals surface area contributed by atoms with Gasteiger partial charge in [0.2, 0.25) is 5.91 Å². The van der Waals surface area contributed by atoms with Crippen molar-refractivity contribution in [2.45, 2.75) is 19.4 Å². The fourth-order valence-electron chi connectivity index (χ4n) is 1.45. The van der Waals surface area contributed by atoms with Crippen LogP contribution in [0.25, 0.3) is 0 Å². The molecule has 0 aromatic heterocycles. The summed E-state index contributed by atoms with van der Waals surface area (Å²) in [6.45, 7) is 3.21. The minimum absolute atomic E-state index is 0.122. The van der Waals surface area contributed by atoms with Gasteiger partial charge in [-0.15, -0.1) is 0 Å². The van der Waals surface area contributed by atoms with E-state index in [1.165, 1.54) is 4.90 Å². The van der Waals surface area contributed by atoms with Crippen molar-refractivity contribution in [3.05, 3.63) is 29.8 Å². The molecule has 0 fully saturated rings. The summed E-state index contributed by atoms with van der Waals surface area (Å²) in [6, 6.07) is 6.43. The third kappa shape index (κ3) is 3.96. The number of carbonyl (C=O) groups is 2.